The SMILES string of the molecule is Oc1cccc(SCc2ncon2)c1. The van der Waals surface area contributed by atoms with E-state index in [4.69, 9.17) is 0 Å². The van der Waals surface area contributed by atoms with E-state index in [1.807, 2.05) is 6.07 Å². The van der Waals surface area contributed by atoms with Crippen LogP contribution in [-0.2, 0) is 5.75 Å². The first-order chi connectivity index (χ1) is 6.84. The molecule has 0 spiro atoms. The van der Waals surface area contributed by atoms with Crippen molar-refractivity contribution in [2.75, 3.05) is 0 Å². The number of hydrogen-bond acceptors (Lipinski definition) is 5. The normalized spacial score (nSPS) is 10.3. The fourth-order valence-electron chi connectivity index (χ4n) is 0.977. The summed E-state index contributed by atoms with van der Waals surface area (Å²) in [6, 6.07) is 7.06. The number of phenols is 1. The summed E-state index contributed by atoms with van der Waals surface area (Å²) in [4.78, 5) is 4.87. The Labute approximate surface area is 85.0 Å². The Hall–Kier alpha value is -1.49. The van der Waals surface area contributed by atoms with Crippen molar-refractivity contribution in [2.24, 2.45) is 0 Å². The summed E-state index contributed by atoms with van der Waals surface area (Å²) in [6.45, 7) is 0. The highest BCUT2D eigenvalue weighted by Crippen LogP contribution is 2.24. The summed E-state index contributed by atoms with van der Waals surface area (Å²) in [5.74, 6) is 1.56. The van der Waals surface area contributed by atoms with E-state index in [0.717, 1.165) is 4.90 Å². The highest BCUT2D eigenvalue weighted by atomic mass is 32.2. The highest BCUT2D eigenvalue weighted by Gasteiger charge is 2.00. The Morgan fingerprint density at radius 1 is 1.43 bits per heavy atom. The second-order valence-electron chi connectivity index (χ2n) is 2.63. The second-order valence-corrected chi connectivity index (χ2v) is 3.68. The van der Waals surface area contributed by atoms with Crippen molar-refractivity contribution in [2.45, 2.75) is 10.6 Å². The highest BCUT2D eigenvalue weighted by molar-refractivity contribution is 7.98. The number of hydrogen-bond donors (Lipinski definition) is 1. The lowest BCUT2D eigenvalue weighted by Crippen LogP contribution is -1.82. The van der Waals surface area contributed by atoms with Gasteiger partial charge in [0.25, 0.3) is 0 Å². The molecule has 1 N–H and O–H groups in total. The second kappa shape index (κ2) is 4.15. The Morgan fingerprint density at radius 2 is 2.36 bits per heavy atom. The van der Waals surface area contributed by atoms with Crippen molar-refractivity contribution in [3.05, 3.63) is 36.5 Å². The maximum atomic E-state index is 9.21. The van der Waals surface area contributed by atoms with Gasteiger partial charge in [-0.2, -0.15) is 4.98 Å². The van der Waals surface area contributed by atoms with Crippen molar-refractivity contribution >= 4 is 11.8 Å². The van der Waals surface area contributed by atoms with Crippen molar-refractivity contribution < 1.29 is 9.63 Å². The van der Waals surface area contributed by atoms with Crippen LogP contribution in [0.1, 0.15) is 5.82 Å². The standard InChI is InChI=1S/C9H8N2O2S/c12-7-2-1-3-8(4-7)14-5-9-10-6-13-11-9/h1-4,6,12H,5H2. The number of aromatic hydroxyl groups is 1. The molecule has 0 aliphatic carbocycles. The third-order valence-electron chi connectivity index (χ3n) is 1.59. The molecule has 0 aliphatic rings. The summed E-state index contributed by atoms with van der Waals surface area (Å²) in [5, 5.41) is 12.9. The lowest BCUT2D eigenvalue weighted by atomic mass is 10.3. The summed E-state index contributed by atoms with van der Waals surface area (Å²) in [6.07, 6.45) is 1.30. The van der Waals surface area contributed by atoms with Gasteiger partial charge in [0.05, 0.1) is 5.75 Å². The van der Waals surface area contributed by atoms with Crippen LogP contribution in [0.3, 0.4) is 0 Å². The molecule has 2 rings (SSSR count). The van der Waals surface area contributed by atoms with Crippen LogP contribution in [0.2, 0.25) is 0 Å². The molecule has 0 unspecified atom stereocenters. The van der Waals surface area contributed by atoms with Crippen molar-refractivity contribution in [3.63, 3.8) is 0 Å². The average molecular weight is 208 g/mol. The molecule has 1 aromatic carbocycles. The van der Waals surface area contributed by atoms with Crippen molar-refractivity contribution in [1.29, 1.82) is 0 Å². The van der Waals surface area contributed by atoms with Gasteiger partial charge >= 0.3 is 0 Å². The van der Waals surface area contributed by atoms with Crippen LogP contribution in [0, 0.1) is 0 Å². The fraction of sp³-hybridized carbons (Fsp3) is 0.111. The third kappa shape index (κ3) is 2.26. The lowest BCUT2D eigenvalue weighted by Gasteiger charge is -1.98. The predicted octanol–water partition coefficient (Wildman–Crippen LogP) is 2.07. The van der Waals surface area contributed by atoms with E-state index in [2.05, 4.69) is 14.7 Å². The molecule has 0 fully saturated rings. The van der Waals surface area contributed by atoms with Gasteiger partial charge in [0.2, 0.25) is 6.39 Å². The minimum atomic E-state index is 0.267. The molecule has 2 aromatic rings. The molecule has 14 heavy (non-hydrogen) atoms. The molecule has 0 saturated heterocycles. The van der Waals surface area contributed by atoms with Crippen LogP contribution in [0.15, 0.2) is 40.1 Å². The van der Waals surface area contributed by atoms with Crippen molar-refractivity contribution in [3.8, 4) is 5.75 Å². The van der Waals surface area contributed by atoms with Gasteiger partial charge in [-0.25, -0.2) is 0 Å². The first-order valence-electron chi connectivity index (χ1n) is 4.02. The molecule has 0 bridgehead atoms. The Bertz CT molecular complexity index is 403. The van der Waals surface area contributed by atoms with Crippen LogP contribution in [0.25, 0.3) is 0 Å². The van der Waals surface area contributed by atoms with E-state index in [1.165, 1.54) is 6.39 Å². The van der Waals surface area contributed by atoms with Gasteiger partial charge in [-0.05, 0) is 18.2 Å². The van der Waals surface area contributed by atoms with Gasteiger partial charge in [0.1, 0.15) is 5.75 Å². The zero-order chi connectivity index (χ0) is 9.80. The fourth-order valence-corrected chi connectivity index (χ4v) is 1.78. The summed E-state index contributed by atoms with van der Waals surface area (Å²) in [5.41, 5.74) is 0. The molecule has 4 nitrogen and oxygen atoms in total. The zero-order valence-electron chi connectivity index (χ0n) is 7.25. The first-order valence-corrected chi connectivity index (χ1v) is 5.00. The van der Waals surface area contributed by atoms with E-state index in [1.54, 1.807) is 30.0 Å². The van der Waals surface area contributed by atoms with E-state index < -0.39 is 0 Å². The van der Waals surface area contributed by atoms with Crippen LogP contribution in [0.5, 0.6) is 5.75 Å². The number of phenolic OH excluding ortho intramolecular Hbond substituents is 1. The predicted molar refractivity (Wildman–Crippen MR) is 52.0 cm³/mol. The quantitative estimate of drug-likeness (QED) is 0.782. The molecule has 0 aliphatic heterocycles. The summed E-state index contributed by atoms with van der Waals surface area (Å²) < 4.78 is 4.60. The first kappa shape index (κ1) is 9.08. The minimum Gasteiger partial charge on any atom is -0.508 e. The van der Waals surface area contributed by atoms with Crippen LogP contribution < -0.4 is 0 Å². The molecular weight excluding hydrogens is 200 g/mol. The van der Waals surface area contributed by atoms with Gasteiger partial charge in [-0.15, -0.1) is 11.8 Å². The molecule has 0 saturated carbocycles. The number of nitrogens with zero attached hydrogens (tertiary/aromatic N) is 2. The van der Waals surface area contributed by atoms with Crippen LogP contribution in [-0.4, -0.2) is 15.2 Å². The molecule has 1 aromatic heterocycles. The Morgan fingerprint density at radius 3 is 3.07 bits per heavy atom. The molecule has 72 valence electrons. The van der Waals surface area contributed by atoms with Gasteiger partial charge in [0.15, 0.2) is 5.82 Å². The smallest absolute Gasteiger partial charge is 0.213 e. The summed E-state index contributed by atoms with van der Waals surface area (Å²) in [7, 11) is 0. The lowest BCUT2D eigenvalue weighted by molar-refractivity contribution is 0.412. The van der Waals surface area contributed by atoms with Crippen LogP contribution >= 0.6 is 11.8 Å². The van der Waals surface area contributed by atoms with E-state index >= 15 is 0 Å². The van der Waals surface area contributed by atoms with Gasteiger partial charge < -0.3 is 9.63 Å². The van der Waals surface area contributed by atoms with E-state index in [9.17, 15) is 5.11 Å². The molecule has 0 radical (unpaired) electrons. The zero-order valence-corrected chi connectivity index (χ0v) is 8.07. The van der Waals surface area contributed by atoms with E-state index in [-0.39, 0.29) is 5.75 Å². The topological polar surface area (TPSA) is 59.2 Å². The minimum absolute atomic E-state index is 0.267. The molecule has 0 atom stereocenters. The van der Waals surface area contributed by atoms with Crippen molar-refractivity contribution in [1.82, 2.24) is 10.1 Å². The number of rotatable bonds is 3. The molecule has 0 amide bonds. The molecule has 5 heteroatoms. The van der Waals surface area contributed by atoms with Gasteiger partial charge in [-0.1, -0.05) is 11.2 Å². The van der Waals surface area contributed by atoms with Gasteiger partial charge in [0, 0.05) is 4.90 Å². The largest absolute Gasteiger partial charge is 0.508 e. The molecular formula is C9H8N2O2S. The van der Waals surface area contributed by atoms with Crippen LogP contribution in [0.4, 0.5) is 0 Å². The Kier molecular flexibility index (Phi) is 2.69. The van der Waals surface area contributed by atoms with Gasteiger partial charge in [-0.3, -0.25) is 0 Å². The summed E-state index contributed by atoms with van der Waals surface area (Å²) >= 11 is 1.55. The third-order valence-corrected chi connectivity index (χ3v) is 2.58. The average Bonchev–Trinajstić information content (AvgIpc) is 2.67. The Balaban J connectivity index is 1.98. The monoisotopic (exact) mass is 208 g/mol. The molecule has 1 heterocycles. The maximum absolute atomic E-state index is 9.21. The number of aromatic nitrogens is 2. The maximum Gasteiger partial charge on any atom is 0.213 e. The number of benzene rings is 1. The van der Waals surface area contributed by atoms with E-state index in [0.29, 0.717) is 11.6 Å². The number of thioether (sulfide) groups is 1.